The van der Waals surface area contributed by atoms with Gasteiger partial charge in [0, 0.05) is 23.4 Å². The molecule has 0 aliphatic carbocycles. The second-order valence-electron chi connectivity index (χ2n) is 5.02. The summed E-state index contributed by atoms with van der Waals surface area (Å²) in [5, 5.41) is 26.9. The van der Waals surface area contributed by atoms with Gasteiger partial charge in [-0.3, -0.25) is 14.9 Å². The molecule has 8 nitrogen and oxygen atoms in total. The van der Waals surface area contributed by atoms with Gasteiger partial charge in [-0.2, -0.15) is 5.10 Å². The number of benzene rings is 2. The van der Waals surface area contributed by atoms with Crippen molar-refractivity contribution in [3.8, 4) is 5.75 Å². The van der Waals surface area contributed by atoms with Crippen molar-refractivity contribution >= 4 is 23.5 Å². The van der Waals surface area contributed by atoms with E-state index in [1.165, 1.54) is 12.1 Å². The van der Waals surface area contributed by atoms with E-state index in [9.17, 15) is 20.0 Å². The Hall–Kier alpha value is -3.42. The number of carbonyl (C=O) groups is 1. The summed E-state index contributed by atoms with van der Waals surface area (Å²) in [5.74, 6) is -0.561. The predicted molar refractivity (Wildman–Crippen MR) is 90.2 cm³/mol. The second kappa shape index (κ2) is 7.73. The van der Waals surface area contributed by atoms with Gasteiger partial charge in [0.25, 0.3) is 11.6 Å². The molecule has 0 spiro atoms. The number of rotatable bonds is 6. The molecule has 0 aliphatic heterocycles. The first kappa shape index (κ1) is 16.9. The molecule has 0 aromatic heterocycles. The van der Waals surface area contributed by atoms with E-state index in [0.29, 0.717) is 0 Å². The Bertz CT molecular complexity index is 789. The molecule has 8 heteroatoms. The van der Waals surface area contributed by atoms with Crippen LogP contribution in [0.5, 0.6) is 5.75 Å². The average molecular weight is 328 g/mol. The van der Waals surface area contributed by atoms with Crippen LogP contribution in [0.3, 0.4) is 0 Å². The molecule has 0 heterocycles. The van der Waals surface area contributed by atoms with Gasteiger partial charge in [-0.15, -0.1) is 0 Å². The molecule has 0 bridgehead atoms. The third kappa shape index (κ3) is 4.80. The number of phenolic OH excluding ortho intramolecular Hbond substituents is 1. The molecule has 0 radical (unpaired) electrons. The second-order valence-corrected chi connectivity index (χ2v) is 5.02. The lowest BCUT2D eigenvalue weighted by atomic mass is 10.2. The third-order valence-corrected chi connectivity index (χ3v) is 3.09. The number of hydrazone groups is 1. The number of non-ortho nitro benzene ring substituents is 1. The van der Waals surface area contributed by atoms with Gasteiger partial charge in [-0.25, -0.2) is 5.43 Å². The first-order chi connectivity index (χ1) is 11.5. The van der Waals surface area contributed by atoms with Crippen molar-refractivity contribution in [2.45, 2.75) is 6.92 Å². The fourth-order valence-electron chi connectivity index (χ4n) is 1.91. The quantitative estimate of drug-likeness (QED) is 0.427. The van der Waals surface area contributed by atoms with Crippen LogP contribution in [0.2, 0.25) is 0 Å². The Morgan fingerprint density at radius 2 is 2.12 bits per heavy atom. The van der Waals surface area contributed by atoms with Crippen LogP contribution in [0.15, 0.2) is 47.6 Å². The van der Waals surface area contributed by atoms with Gasteiger partial charge in [0.15, 0.2) is 0 Å². The van der Waals surface area contributed by atoms with Crippen molar-refractivity contribution in [1.82, 2.24) is 5.43 Å². The lowest BCUT2D eigenvalue weighted by Crippen LogP contribution is -2.25. The number of hydrogen-bond donors (Lipinski definition) is 3. The number of nitro benzene ring substituents is 1. The van der Waals surface area contributed by atoms with Crippen LogP contribution < -0.4 is 10.7 Å². The molecule has 0 saturated carbocycles. The van der Waals surface area contributed by atoms with E-state index in [1.807, 2.05) is 31.2 Å². The maximum absolute atomic E-state index is 11.7. The number of carbonyl (C=O) groups excluding carboxylic acids is 1. The lowest BCUT2D eigenvalue weighted by Gasteiger charge is -2.05. The van der Waals surface area contributed by atoms with Crippen molar-refractivity contribution < 1.29 is 14.8 Å². The summed E-state index contributed by atoms with van der Waals surface area (Å²) in [6, 6.07) is 11.1. The molecule has 24 heavy (non-hydrogen) atoms. The Labute approximate surface area is 138 Å². The third-order valence-electron chi connectivity index (χ3n) is 3.09. The van der Waals surface area contributed by atoms with Gasteiger partial charge in [0.1, 0.15) is 5.75 Å². The summed E-state index contributed by atoms with van der Waals surface area (Å²) in [6.07, 6.45) is 1.15. The minimum atomic E-state index is -0.582. The first-order valence-electron chi connectivity index (χ1n) is 7.05. The SMILES string of the molecule is Cc1cccc(NCC(=O)NN=Cc2cc([N+](=O)[O-])ccc2O)c1. The zero-order valence-electron chi connectivity index (χ0n) is 12.9. The summed E-state index contributed by atoms with van der Waals surface area (Å²) < 4.78 is 0. The average Bonchev–Trinajstić information content (AvgIpc) is 2.54. The van der Waals surface area contributed by atoms with Gasteiger partial charge in [-0.05, 0) is 30.7 Å². The van der Waals surface area contributed by atoms with E-state index in [4.69, 9.17) is 0 Å². The van der Waals surface area contributed by atoms with Gasteiger partial charge < -0.3 is 10.4 Å². The monoisotopic (exact) mass is 328 g/mol. The number of aromatic hydroxyl groups is 1. The summed E-state index contributed by atoms with van der Waals surface area (Å²) in [5.41, 5.74) is 4.11. The van der Waals surface area contributed by atoms with Crippen molar-refractivity contribution in [2.75, 3.05) is 11.9 Å². The topological polar surface area (TPSA) is 117 Å². The van der Waals surface area contributed by atoms with Crippen LogP contribution in [-0.4, -0.2) is 28.7 Å². The summed E-state index contributed by atoms with van der Waals surface area (Å²) in [7, 11) is 0. The minimum Gasteiger partial charge on any atom is -0.507 e. The van der Waals surface area contributed by atoms with Crippen LogP contribution in [0.4, 0.5) is 11.4 Å². The maximum Gasteiger partial charge on any atom is 0.270 e. The van der Waals surface area contributed by atoms with Crippen molar-refractivity contribution in [3.05, 3.63) is 63.7 Å². The largest absolute Gasteiger partial charge is 0.507 e. The Balaban J connectivity index is 1.90. The normalized spacial score (nSPS) is 10.5. The number of amides is 1. The molecule has 0 unspecified atom stereocenters. The fraction of sp³-hybridized carbons (Fsp3) is 0.125. The van der Waals surface area contributed by atoms with E-state index >= 15 is 0 Å². The minimum absolute atomic E-state index is 0.0156. The highest BCUT2D eigenvalue weighted by molar-refractivity contribution is 5.86. The van der Waals surface area contributed by atoms with E-state index < -0.39 is 10.8 Å². The molecule has 1 amide bonds. The standard InChI is InChI=1S/C16H16N4O4/c1-11-3-2-4-13(7-11)17-10-16(22)19-18-9-12-8-14(20(23)24)5-6-15(12)21/h2-9,17,21H,10H2,1H3,(H,19,22). The molecule has 2 aromatic rings. The van der Waals surface area contributed by atoms with Crippen LogP contribution >= 0.6 is 0 Å². The zero-order chi connectivity index (χ0) is 17.5. The van der Waals surface area contributed by atoms with E-state index in [-0.39, 0.29) is 23.5 Å². The maximum atomic E-state index is 11.7. The van der Waals surface area contributed by atoms with E-state index in [0.717, 1.165) is 23.5 Å². The predicted octanol–water partition coefficient (Wildman–Crippen LogP) is 2.17. The Kier molecular flexibility index (Phi) is 5.45. The number of phenols is 1. The fourth-order valence-corrected chi connectivity index (χ4v) is 1.91. The van der Waals surface area contributed by atoms with Crippen molar-refractivity contribution in [1.29, 1.82) is 0 Å². The van der Waals surface area contributed by atoms with Crippen LogP contribution in [0, 0.1) is 17.0 Å². The highest BCUT2D eigenvalue weighted by Crippen LogP contribution is 2.21. The number of hydrogen-bond acceptors (Lipinski definition) is 6. The Morgan fingerprint density at radius 1 is 1.33 bits per heavy atom. The summed E-state index contributed by atoms with van der Waals surface area (Å²) in [4.78, 5) is 21.8. The molecule has 0 fully saturated rings. The first-order valence-corrected chi connectivity index (χ1v) is 7.05. The number of nitro groups is 1. The molecule has 0 atom stereocenters. The molecular weight excluding hydrogens is 312 g/mol. The van der Waals surface area contributed by atoms with Gasteiger partial charge in [-0.1, -0.05) is 12.1 Å². The highest BCUT2D eigenvalue weighted by atomic mass is 16.6. The van der Waals surface area contributed by atoms with Crippen LogP contribution in [0.25, 0.3) is 0 Å². The summed E-state index contributed by atoms with van der Waals surface area (Å²) >= 11 is 0. The number of nitrogens with zero attached hydrogens (tertiary/aromatic N) is 2. The molecule has 2 rings (SSSR count). The molecule has 124 valence electrons. The smallest absolute Gasteiger partial charge is 0.270 e. The molecule has 2 aromatic carbocycles. The number of anilines is 1. The summed E-state index contributed by atoms with van der Waals surface area (Å²) in [6.45, 7) is 1.96. The van der Waals surface area contributed by atoms with Crippen molar-refractivity contribution in [3.63, 3.8) is 0 Å². The Morgan fingerprint density at radius 3 is 2.83 bits per heavy atom. The van der Waals surface area contributed by atoms with E-state index in [2.05, 4.69) is 15.8 Å². The molecular formula is C16H16N4O4. The molecule has 0 saturated heterocycles. The van der Waals surface area contributed by atoms with Gasteiger partial charge in [0.2, 0.25) is 0 Å². The van der Waals surface area contributed by atoms with Crippen LogP contribution in [0.1, 0.15) is 11.1 Å². The van der Waals surface area contributed by atoms with Crippen molar-refractivity contribution in [2.24, 2.45) is 5.10 Å². The molecule has 3 N–H and O–H groups in total. The molecule has 0 aliphatic rings. The number of nitrogens with one attached hydrogen (secondary N) is 2. The van der Waals surface area contributed by atoms with Crippen LogP contribution in [-0.2, 0) is 4.79 Å². The van der Waals surface area contributed by atoms with E-state index in [1.54, 1.807) is 0 Å². The zero-order valence-corrected chi connectivity index (χ0v) is 12.9. The lowest BCUT2D eigenvalue weighted by molar-refractivity contribution is -0.384. The highest BCUT2D eigenvalue weighted by Gasteiger charge is 2.08. The van der Waals surface area contributed by atoms with Gasteiger partial charge in [0.05, 0.1) is 17.7 Å². The number of aryl methyl sites for hydroxylation is 1. The van der Waals surface area contributed by atoms with Gasteiger partial charge >= 0.3 is 0 Å².